The first kappa shape index (κ1) is 12.0. The fourth-order valence-corrected chi connectivity index (χ4v) is 1.91. The molecule has 0 aliphatic rings. The summed E-state index contributed by atoms with van der Waals surface area (Å²) in [5.74, 6) is 0.485. The molecule has 0 spiro atoms. The van der Waals surface area contributed by atoms with Crippen molar-refractivity contribution in [3.05, 3.63) is 42.9 Å². The molecule has 1 amide bonds. The first-order valence-corrected chi connectivity index (χ1v) is 5.82. The number of hydrogen-bond donors (Lipinski definition) is 3. The van der Waals surface area contributed by atoms with Crippen LogP contribution in [0.3, 0.4) is 0 Å². The van der Waals surface area contributed by atoms with Crippen LogP contribution in [0, 0.1) is 0 Å². The van der Waals surface area contributed by atoms with E-state index in [1.54, 1.807) is 22.9 Å². The van der Waals surface area contributed by atoms with Crippen LogP contribution >= 0.6 is 0 Å². The van der Waals surface area contributed by atoms with Crippen molar-refractivity contribution in [2.75, 3.05) is 11.1 Å². The van der Waals surface area contributed by atoms with Gasteiger partial charge in [-0.2, -0.15) is 0 Å². The minimum atomic E-state index is -1.14. The highest BCUT2D eigenvalue weighted by Gasteiger charge is 2.07. The molecule has 0 unspecified atom stereocenters. The average Bonchev–Trinajstić information content (AvgIpc) is 2.81. The Bertz CT molecular complexity index is 796. The molecule has 7 heteroatoms. The second kappa shape index (κ2) is 4.54. The van der Waals surface area contributed by atoms with Gasteiger partial charge in [0.05, 0.1) is 17.6 Å². The molecular formula is C13H11N5O2. The summed E-state index contributed by atoms with van der Waals surface area (Å²) in [6.07, 6.45) is 3.66. The van der Waals surface area contributed by atoms with Crippen LogP contribution in [0.1, 0.15) is 0 Å². The Hall–Kier alpha value is -3.09. The van der Waals surface area contributed by atoms with Gasteiger partial charge in [0.15, 0.2) is 0 Å². The number of nitrogens with zero attached hydrogens (tertiary/aromatic N) is 3. The summed E-state index contributed by atoms with van der Waals surface area (Å²) < 4.78 is 1.66. The highest BCUT2D eigenvalue weighted by molar-refractivity contribution is 5.82. The Morgan fingerprint density at radius 3 is 2.95 bits per heavy atom. The smallest absolute Gasteiger partial charge is 0.409 e. The third-order valence-corrected chi connectivity index (χ3v) is 2.74. The zero-order chi connectivity index (χ0) is 14.1. The molecule has 2 heterocycles. The van der Waals surface area contributed by atoms with Crippen LogP contribution in [0.4, 0.5) is 16.2 Å². The molecule has 1 aromatic carbocycles. The van der Waals surface area contributed by atoms with E-state index in [4.69, 9.17) is 10.8 Å². The van der Waals surface area contributed by atoms with Crippen molar-refractivity contribution in [1.29, 1.82) is 0 Å². The number of aromatic nitrogens is 3. The van der Waals surface area contributed by atoms with E-state index in [9.17, 15) is 4.79 Å². The molecule has 20 heavy (non-hydrogen) atoms. The predicted molar refractivity (Wildman–Crippen MR) is 74.5 cm³/mol. The molecule has 3 rings (SSSR count). The predicted octanol–water partition coefficient (Wildman–Crippen LogP) is 2.07. The van der Waals surface area contributed by atoms with Gasteiger partial charge in [-0.3, -0.25) is 9.72 Å². The van der Waals surface area contributed by atoms with E-state index in [0.29, 0.717) is 17.2 Å². The summed E-state index contributed by atoms with van der Waals surface area (Å²) >= 11 is 0. The van der Waals surface area contributed by atoms with Gasteiger partial charge < -0.3 is 10.8 Å². The third-order valence-electron chi connectivity index (χ3n) is 2.74. The normalized spacial score (nSPS) is 10.6. The zero-order valence-electron chi connectivity index (χ0n) is 10.3. The molecule has 100 valence electrons. The van der Waals surface area contributed by atoms with Crippen LogP contribution in [0.5, 0.6) is 0 Å². The molecule has 0 aliphatic heterocycles. The highest BCUT2D eigenvalue weighted by Crippen LogP contribution is 2.21. The molecule has 4 N–H and O–H groups in total. The van der Waals surface area contributed by atoms with E-state index in [-0.39, 0.29) is 0 Å². The van der Waals surface area contributed by atoms with Gasteiger partial charge in [-0.25, -0.2) is 14.8 Å². The average molecular weight is 269 g/mol. The van der Waals surface area contributed by atoms with Crippen molar-refractivity contribution in [2.45, 2.75) is 0 Å². The van der Waals surface area contributed by atoms with Crippen molar-refractivity contribution >= 4 is 23.2 Å². The van der Waals surface area contributed by atoms with Crippen LogP contribution < -0.4 is 11.1 Å². The molecule has 0 radical (unpaired) electrons. The van der Waals surface area contributed by atoms with Crippen molar-refractivity contribution in [2.24, 2.45) is 0 Å². The minimum absolute atomic E-state index is 0.376. The molecule has 0 atom stereocenters. The van der Waals surface area contributed by atoms with Crippen molar-refractivity contribution in [3.8, 4) is 11.3 Å². The fourth-order valence-electron chi connectivity index (χ4n) is 1.91. The van der Waals surface area contributed by atoms with Gasteiger partial charge in [0, 0.05) is 23.6 Å². The number of nitrogen functional groups attached to an aromatic ring is 1. The number of rotatable bonds is 2. The van der Waals surface area contributed by atoms with Crippen molar-refractivity contribution in [1.82, 2.24) is 14.4 Å². The summed E-state index contributed by atoms with van der Waals surface area (Å²) in [5, 5.41) is 10.9. The largest absolute Gasteiger partial charge is 0.465 e. The maximum Gasteiger partial charge on any atom is 0.409 e. The minimum Gasteiger partial charge on any atom is -0.465 e. The van der Waals surface area contributed by atoms with E-state index >= 15 is 0 Å². The van der Waals surface area contributed by atoms with Gasteiger partial charge >= 0.3 is 6.09 Å². The molecule has 0 fully saturated rings. The van der Waals surface area contributed by atoms with Gasteiger partial charge in [-0.15, -0.1) is 0 Å². The first-order chi connectivity index (χ1) is 9.61. The first-order valence-electron chi connectivity index (χ1n) is 5.82. The molecule has 3 aromatic rings. The van der Waals surface area contributed by atoms with Gasteiger partial charge in [0.1, 0.15) is 0 Å². The number of hydrogen-bond acceptors (Lipinski definition) is 4. The van der Waals surface area contributed by atoms with Gasteiger partial charge in [-0.05, 0) is 12.1 Å². The Labute approximate surface area is 113 Å². The summed E-state index contributed by atoms with van der Waals surface area (Å²) in [6, 6.07) is 7.36. The number of nitrogens with two attached hydrogens (primary N) is 1. The number of benzene rings is 1. The molecule has 2 aromatic heterocycles. The Morgan fingerprint density at radius 1 is 1.35 bits per heavy atom. The lowest BCUT2D eigenvalue weighted by atomic mass is 10.1. The van der Waals surface area contributed by atoms with E-state index < -0.39 is 6.09 Å². The van der Waals surface area contributed by atoms with E-state index in [1.807, 2.05) is 18.2 Å². The Morgan fingerprint density at radius 2 is 2.20 bits per heavy atom. The Balaban J connectivity index is 2.04. The maximum atomic E-state index is 10.6. The molecule has 7 nitrogen and oxygen atoms in total. The fraction of sp³-hybridized carbons (Fsp3) is 0. The quantitative estimate of drug-likeness (QED) is 0.617. The van der Waals surface area contributed by atoms with Crippen LogP contribution in [0.25, 0.3) is 17.0 Å². The lowest BCUT2D eigenvalue weighted by Crippen LogP contribution is -2.08. The summed E-state index contributed by atoms with van der Waals surface area (Å²) in [5.41, 5.74) is 8.37. The van der Waals surface area contributed by atoms with Gasteiger partial charge in [0.2, 0.25) is 5.78 Å². The molecule has 0 bridgehead atoms. The highest BCUT2D eigenvalue weighted by atomic mass is 16.4. The monoisotopic (exact) mass is 269 g/mol. The SMILES string of the molecule is Nc1cccc(-c2cn3cc(NC(=O)O)cnc3n2)c1. The topological polar surface area (TPSA) is 106 Å². The number of carboxylic acid groups (broad SMARTS) is 1. The molecule has 0 aliphatic carbocycles. The summed E-state index contributed by atoms with van der Waals surface area (Å²) in [6.45, 7) is 0. The lowest BCUT2D eigenvalue weighted by Gasteiger charge is -1.99. The number of anilines is 2. The van der Waals surface area contributed by atoms with E-state index in [0.717, 1.165) is 11.3 Å². The zero-order valence-corrected chi connectivity index (χ0v) is 10.3. The second-order valence-corrected chi connectivity index (χ2v) is 4.23. The van der Waals surface area contributed by atoms with Crippen molar-refractivity contribution < 1.29 is 9.90 Å². The summed E-state index contributed by atoms with van der Waals surface area (Å²) in [7, 11) is 0. The van der Waals surface area contributed by atoms with Gasteiger partial charge in [0.25, 0.3) is 0 Å². The lowest BCUT2D eigenvalue weighted by molar-refractivity contribution is 0.209. The van der Waals surface area contributed by atoms with Crippen LogP contribution in [0.2, 0.25) is 0 Å². The molecule has 0 saturated heterocycles. The molecular weight excluding hydrogens is 258 g/mol. The number of nitrogens with one attached hydrogen (secondary N) is 1. The van der Waals surface area contributed by atoms with Crippen LogP contribution in [0.15, 0.2) is 42.9 Å². The van der Waals surface area contributed by atoms with Crippen LogP contribution in [-0.4, -0.2) is 25.6 Å². The second-order valence-electron chi connectivity index (χ2n) is 4.23. The standard InChI is InChI=1S/C13H11N5O2/c14-9-3-1-2-8(4-9)11-7-18-6-10(16-13(19)20)5-15-12(18)17-11/h1-7,16H,14H2,(H,19,20). The summed E-state index contributed by atoms with van der Waals surface area (Å²) in [4.78, 5) is 19.1. The van der Waals surface area contributed by atoms with E-state index in [1.165, 1.54) is 6.20 Å². The Kier molecular flexibility index (Phi) is 2.72. The third kappa shape index (κ3) is 2.24. The number of carbonyl (C=O) groups is 1. The molecule has 0 saturated carbocycles. The number of amides is 1. The number of imidazole rings is 1. The maximum absolute atomic E-state index is 10.6. The number of fused-ring (bicyclic) bond motifs is 1. The van der Waals surface area contributed by atoms with E-state index in [2.05, 4.69) is 15.3 Å². The van der Waals surface area contributed by atoms with Gasteiger partial charge in [-0.1, -0.05) is 12.1 Å². The van der Waals surface area contributed by atoms with Crippen molar-refractivity contribution in [3.63, 3.8) is 0 Å². The van der Waals surface area contributed by atoms with Crippen LogP contribution in [-0.2, 0) is 0 Å².